The van der Waals surface area contributed by atoms with Crippen LogP contribution in [0.1, 0.15) is 0 Å². The highest BCUT2D eigenvalue weighted by molar-refractivity contribution is 5.66. The predicted octanol–water partition coefficient (Wildman–Crippen LogP) is 2.78. The number of fused-ring (bicyclic) bond motifs is 2. The van der Waals surface area contributed by atoms with Gasteiger partial charge in [-0.2, -0.15) is 9.50 Å². The molecule has 7 nitrogen and oxygen atoms in total. The Morgan fingerprint density at radius 2 is 2.00 bits per heavy atom. The molecule has 0 amide bonds. The summed E-state index contributed by atoms with van der Waals surface area (Å²) in [7, 11) is 0. The molecule has 0 atom stereocenters. The summed E-state index contributed by atoms with van der Waals surface area (Å²) in [5.74, 6) is 3.07. The van der Waals surface area contributed by atoms with Crippen molar-refractivity contribution in [1.29, 1.82) is 0 Å². The molecule has 23 heavy (non-hydrogen) atoms. The first-order valence-corrected chi connectivity index (χ1v) is 7.04. The van der Waals surface area contributed by atoms with Gasteiger partial charge in [-0.1, -0.05) is 0 Å². The molecule has 7 heteroatoms. The molecule has 4 aromatic rings. The first-order valence-electron chi connectivity index (χ1n) is 7.04. The molecular weight excluding hydrogens is 296 g/mol. The van der Waals surface area contributed by atoms with Crippen LogP contribution >= 0.6 is 0 Å². The number of hydrogen-bond donors (Lipinski definition) is 0. The Morgan fingerprint density at radius 1 is 1.04 bits per heavy atom. The number of aromatic nitrogens is 4. The molecule has 112 valence electrons. The molecule has 0 bridgehead atoms. The quantitative estimate of drug-likeness (QED) is 0.567. The van der Waals surface area contributed by atoms with E-state index in [9.17, 15) is 0 Å². The van der Waals surface area contributed by atoms with Crippen LogP contribution in [0.15, 0.2) is 53.3 Å². The second-order valence-electron chi connectivity index (χ2n) is 5.02. The fourth-order valence-corrected chi connectivity index (χ4v) is 2.58. The number of hydrogen-bond acceptors (Lipinski definition) is 6. The summed E-state index contributed by atoms with van der Waals surface area (Å²) in [5, 5.41) is 4.50. The minimum atomic E-state index is 0.247. The third kappa shape index (κ3) is 1.87. The average molecular weight is 306 g/mol. The van der Waals surface area contributed by atoms with Crippen LogP contribution in [-0.4, -0.2) is 26.4 Å². The fraction of sp³-hybridized carbons (Fsp3) is 0.0625. The van der Waals surface area contributed by atoms with Gasteiger partial charge in [0.05, 0.1) is 12.0 Å². The molecule has 5 rings (SSSR count). The van der Waals surface area contributed by atoms with Crippen LogP contribution in [0.3, 0.4) is 0 Å². The van der Waals surface area contributed by atoms with Crippen molar-refractivity contribution in [3.05, 3.63) is 48.9 Å². The van der Waals surface area contributed by atoms with E-state index in [1.165, 1.54) is 0 Å². The maximum absolute atomic E-state index is 5.44. The van der Waals surface area contributed by atoms with E-state index >= 15 is 0 Å². The Hall–Kier alpha value is -3.35. The van der Waals surface area contributed by atoms with Crippen molar-refractivity contribution in [3.63, 3.8) is 0 Å². The summed E-state index contributed by atoms with van der Waals surface area (Å²) in [6, 6.07) is 11.3. The monoisotopic (exact) mass is 306 g/mol. The fourth-order valence-electron chi connectivity index (χ4n) is 2.58. The highest BCUT2D eigenvalue weighted by Gasteiger charge is 2.17. The molecule has 1 aliphatic heterocycles. The molecule has 0 saturated carbocycles. The Labute approximate surface area is 130 Å². The summed E-state index contributed by atoms with van der Waals surface area (Å²) in [6.07, 6.45) is 3.29. The molecule has 1 aliphatic rings. The number of rotatable bonds is 2. The summed E-state index contributed by atoms with van der Waals surface area (Å²) < 4.78 is 17.8. The van der Waals surface area contributed by atoms with Crippen LogP contribution in [0.25, 0.3) is 28.6 Å². The number of ether oxygens (including phenoxy) is 2. The Morgan fingerprint density at radius 3 is 2.91 bits per heavy atom. The summed E-state index contributed by atoms with van der Waals surface area (Å²) >= 11 is 0. The molecule has 0 spiro atoms. The third-order valence-corrected chi connectivity index (χ3v) is 3.65. The normalized spacial score (nSPS) is 12.9. The second-order valence-corrected chi connectivity index (χ2v) is 5.02. The first kappa shape index (κ1) is 12.2. The zero-order chi connectivity index (χ0) is 15.2. The summed E-state index contributed by atoms with van der Waals surface area (Å²) in [4.78, 5) is 8.67. The van der Waals surface area contributed by atoms with Gasteiger partial charge < -0.3 is 13.9 Å². The van der Waals surface area contributed by atoms with Gasteiger partial charge in [-0.25, -0.2) is 4.98 Å². The minimum absolute atomic E-state index is 0.247. The van der Waals surface area contributed by atoms with E-state index in [1.807, 2.05) is 30.3 Å². The van der Waals surface area contributed by atoms with Crippen LogP contribution in [0.2, 0.25) is 0 Å². The zero-order valence-electron chi connectivity index (χ0n) is 11.8. The molecule has 0 unspecified atom stereocenters. The third-order valence-electron chi connectivity index (χ3n) is 3.65. The Kier molecular flexibility index (Phi) is 2.43. The van der Waals surface area contributed by atoms with Gasteiger partial charge >= 0.3 is 0 Å². The first-order chi connectivity index (χ1) is 11.4. The topological polar surface area (TPSA) is 74.7 Å². The van der Waals surface area contributed by atoms with Crippen molar-refractivity contribution in [2.75, 3.05) is 6.79 Å². The van der Waals surface area contributed by atoms with E-state index in [4.69, 9.17) is 13.9 Å². The molecule has 0 aliphatic carbocycles. The molecule has 4 heterocycles. The number of nitrogens with zero attached hydrogens (tertiary/aromatic N) is 4. The van der Waals surface area contributed by atoms with E-state index in [0.717, 1.165) is 22.8 Å². The highest BCUT2D eigenvalue weighted by Crippen LogP contribution is 2.35. The maximum atomic E-state index is 5.44. The predicted molar refractivity (Wildman–Crippen MR) is 80.0 cm³/mol. The van der Waals surface area contributed by atoms with Gasteiger partial charge in [0.2, 0.25) is 12.6 Å². The van der Waals surface area contributed by atoms with Crippen molar-refractivity contribution in [3.8, 4) is 34.3 Å². The zero-order valence-corrected chi connectivity index (χ0v) is 11.8. The van der Waals surface area contributed by atoms with Crippen molar-refractivity contribution < 1.29 is 13.9 Å². The van der Waals surface area contributed by atoms with Gasteiger partial charge in [-0.15, -0.1) is 5.10 Å². The van der Waals surface area contributed by atoms with Gasteiger partial charge in [0.25, 0.3) is 5.78 Å². The van der Waals surface area contributed by atoms with E-state index in [2.05, 4.69) is 15.1 Å². The van der Waals surface area contributed by atoms with Crippen LogP contribution in [0, 0.1) is 0 Å². The van der Waals surface area contributed by atoms with Crippen LogP contribution < -0.4 is 9.47 Å². The van der Waals surface area contributed by atoms with Gasteiger partial charge in [0.15, 0.2) is 17.3 Å². The molecule has 0 radical (unpaired) electrons. The standard InChI is InChI=1S/C16H10N4O3/c1-2-13(21-7-1)15-18-16-17-6-5-11(20(16)19-15)10-3-4-12-14(8-10)23-9-22-12/h1-8H,9H2. The lowest BCUT2D eigenvalue weighted by Crippen LogP contribution is -1.96. The lowest BCUT2D eigenvalue weighted by molar-refractivity contribution is 0.174. The highest BCUT2D eigenvalue weighted by atomic mass is 16.7. The lowest BCUT2D eigenvalue weighted by atomic mass is 10.1. The maximum Gasteiger partial charge on any atom is 0.253 e. The minimum Gasteiger partial charge on any atom is -0.461 e. The van der Waals surface area contributed by atoms with E-state index in [0.29, 0.717) is 17.4 Å². The second kappa shape index (κ2) is 4.57. The van der Waals surface area contributed by atoms with Gasteiger partial charge in [-0.3, -0.25) is 0 Å². The smallest absolute Gasteiger partial charge is 0.253 e. The van der Waals surface area contributed by atoms with E-state index in [1.54, 1.807) is 23.0 Å². The van der Waals surface area contributed by atoms with Crippen molar-refractivity contribution in [2.24, 2.45) is 0 Å². The largest absolute Gasteiger partial charge is 0.461 e. The Balaban J connectivity index is 1.69. The SMILES string of the molecule is c1coc(-c2nc3nccc(-c4ccc5c(c4)OCO5)n3n2)c1. The van der Waals surface area contributed by atoms with Gasteiger partial charge in [-0.05, 0) is 36.4 Å². The summed E-state index contributed by atoms with van der Waals surface area (Å²) in [5.41, 5.74) is 1.80. The van der Waals surface area contributed by atoms with Gasteiger partial charge in [0, 0.05) is 11.8 Å². The van der Waals surface area contributed by atoms with E-state index < -0.39 is 0 Å². The lowest BCUT2D eigenvalue weighted by Gasteiger charge is -2.04. The Bertz CT molecular complexity index is 1010. The van der Waals surface area contributed by atoms with Crippen LogP contribution in [0.4, 0.5) is 0 Å². The molecule has 0 fully saturated rings. The molecule has 3 aromatic heterocycles. The molecule has 0 saturated heterocycles. The van der Waals surface area contributed by atoms with Crippen LogP contribution in [0.5, 0.6) is 11.5 Å². The van der Waals surface area contributed by atoms with Crippen molar-refractivity contribution in [1.82, 2.24) is 19.6 Å². The van der Waals surface area contributed by atoms with E-state index in [-0.39, 0.29) is 6.79 Å². The molecular formula is C16H10N4O3. The van der Waals surface area contributed by atoms with Crippen molar-refractivity contribution >= 4 is 5.78 Å². The van der Waals surface area contributed by atoms with Crippen LogP contribution in [-0.2, 0) is 0 Å². The van der Waals surface area contributed by atoms with Gasteiger partial charge in [0.1, 0.15) is 0 Å². The molecule has 1 aromatic carbocycles. The van der Waals surface area contributed by atoms with Crippen molar-refractivity contribution in [2.45, 2.75) is 0 Å². The summed E-state index contributed by atoms with van der Waals surface area (Å²) in [6.45, 7) is 0.247. The average Bonchev–Trinajstić information content (AvgIpc) is 3.31. The number of benzene rings is 1. The number of furan rings is 1. The molecule has 0 N–H and O–H groups in total.